The van der Waals surface area contributed by atoms with Crippen LogP contribution in [0.5, 0.6) is 5.75 Å². The molecule has 0 fully saturated rings. The van der Waals surface area contributed by atoms with Crippen LogP contribution in [0, 0.1) is 19.8 Å². The summed E-state index contributed by atoms with van der Waals surface area (Å²) < 4.78 is 86.0. The van der Waals surface area contributed by atoms with Crippen LogP contribution in [-0.4, -0.2) is 86.0 Å². The number of sulfonamides is 1. The van der Waals surface area contributed by atoms with E-state index in [9.17, 15) is 31.5 Å². The predicted molar refractivity (Wildman–Crippen MR) is 181 cm³/mol. The molecule has 2 N–H and O–H groups in total. The number of nitrogens with one attached hydrogen (secondary N) is 1. The van der Waals surface area contributed by atoms with E-state index in [1.54, 1.807) is 13.0 Å². The number of hydrogen-bond donors (Lipinski definition) is 2. The van der Waals surface area contributed by atoms with Crippen molar-refractivity contribution in [3.8, 4) is 5.75 Å². The highest BCUT2D eigenvalue weighted by Crippen LogP contribution is 2.31. The van der Waals surface area contributed by atoms with Gasteiger partial charge >= 0.3 is 6.18 Å². The number of anilines is 1. The number of aliphatic hydroxyl groups excluding tert-OH is 1. The van der Waals surface area contributed by atoms with Crippen LogP contribution in [0.25, 0.3) is 0 Å². The van der Waals surface area contributed by atoms with Gasteiger partial charge in [0, 0.05) is 37.8 Å². The molecular weight excluding hydrogens is 677 g/mol. The van der Waals surface area contributed by atoms with E-state index < -0.39 is 33.7 Å². The Hall–Kier alpha value is -3.66. The minimum Gasteiger partial charge on any atom is -0.490 e. The van der Waals surface area contributed by atoms with Crippen LogP contribution < -0.4 is 9.46 Å². The van der Waals surface area contributed by atoms with E-state index in [-0.39, 0.29) is 64.6 Å². The van der Waals surface area contributed by atoms with Crippen molar-refractivity contribution in [2.75, 3.05) is 38.1 Å². The molecule has 3 aromatic rings. The zero-order valence-electron chi connectivity index (χ0n) is 29.3. The summed E-state index contributed by atoms with van der Waals surface area (Å²) in [5.41, 5.74) is 0.453. The van der Waals surface area contributed by atoms with Gasteiger partial charge in [0.2, 0.25) is 0 Å². The first kappa shape index (κ1) is 39.1. The Kier molecular flexibility index (Phi) is 13.0. The largest absolute Gasteiger partial charge is 0.490 e. The van der Waals surface area contributed by atoms with E-state index in [0.717, 1.165) is 25.0 Å². The molecule has 1 amide bonds. The third kappa shape index (κ3) is 9.98. The van der Waals surface area contributed by atoms with E-state index in [2.05, 4.69) is 9.88 Å². The van der Waals surface area contributed by atoms with E-state index >= 15 is 0 Å². The maximum absolute atomic E-state index is 14.4. The monoisotopic (exact) mass is 724 g/mol. The zero-order valence-corrected chi connectivity index (χ0v) is 30.1. The van der Waals surface area contributed by atoms with Crippen molar-refractivity contribution in [1.29, 1.82) is 0 Å². The van der Waals surface area contributed by atoms with Gasteiger partial charge in [-0.2, -0.15) is 13.2 Å². The highest BCUT2D eigenvalue weighted by atomic mass is 32.2. The number of benzene rings is 2. The molecule has 4 rings (SSSR count). The zero-order chi connectivity index (χ0) is 36.8. The lowest BCUT2D eigenvalue weighted by Crippen LogP contribution is -2.47. The molecule has 11 nitrogen and oxygen atoms in total. The number of likely N-dealkylation sites (N-methyl/N-ethyl adjacent to an activating group) is 1. The number of amides is 1. The molecule has 0 aliphatic carbocycles. The van der Waals surface area contributed by atoms with Crippen molar-refractivity contribution < 1.29 is 45.5 Å². The lowest BCUT2D eigenvalue weighted by Gasteiger charge is -2.36. The molecule has 2 heterocycles. The molecule has 1 aromatic heterocycles. The van der Waals surface area contributed by atoms with Crippen LogP contribution in [0.15, 0.2) is 51.9 Å². The van der Waals surface area contributed by atoms with Gasteiger partial charge in [0.15, 0.2) is 10.7 Å². The molecule has 276 valence electrons. The molecule has 0 saturated carbocycles. The summed E-state index contributed by atoms with van der Waals surface area (Å²) in [5.74, 6) is -0.296. The van der Waals surface area contributed by atoms with Crippen LogP contribution >= 0.6 is 0 Å². The van der Waals surface area contributed by atoms with Crippen molar-refractivity contribution >= 4 is 21.6 Å². The number of alkyl halides is 3. The van der Waals surface area contributed by atoms with Crippen LogP contribution in [0.1, 0.15) is 73.0 Å². The number of ether oxygens (including phenoxy) is 2. The molecule has 0 bridgehead atoms. The third-order valence-corrected chi connectivity index (χ3v) is 10.4. The van der Waals surface area contributed by atoms with Crippen LogP contribution in [0.3, 0.4) is 0 Å². The topological polar surface area (TPSA) is 134 Å². The number of carbonyl (C=O) groups excluding carboxylic acids is 1. The number of rotatable bonds is 9. The molecule has 1 aliphatic heterocycles. The standard InChI is InChI=1S/C35H47F3N4O7S/c1-22-18-42(23(2)21-43)34(44)30-17-29(40-50(45,46)33-25(4)39-49-26(33)5)14-15-31(30)48-24(3)9-7-8-16-47-32(22)20-41(6)19-27-10-12-28(13-11-27)35(36,37)38/h10-15,17,22-24,32,40,43H,7-9,16,18-21H2,1-6H3/t22-,23-,24-,32+/m1/s1. The second-order valence-electron chi connectivity index (χ2n) is 13.2. The van der Waals surface area contributed by atoms with Gasteiger partial charge in [-0.15, -0.1) is 0 Å². The second-order valence-corrected chi connectivity index (χ2v) is 14.8. The summed E-state index contributed by atoms with van der Waals surface area (Å²) >= 11 is 0. The number of carbonyl (C=O) groups is 1. The Labute approximate surface area is 291 Å². The van der Waals surface area contributed by atoms with Gasteiger partial charge in [-0.05, 0) is 89.9 Å². The minimum atomic E-state index is -4.41. The number of nitrogens with zero attached hydrogens (tertiary/aromatic N) is 3. The van der Waals surface area contributed by atoms with Crippen LogP contribution in [0.2, 0.25) is 0 Å². The molecule has 0 spiro atoms. The Morgan fingerprint density at radius 3 is 2.44 bits per heavy atom. The van der Waals surface area contributed by atoms with E-state index in [0.29, 0.717) is 31.7 Å². The summed E-state index contributed by atoms with van der Waals surface area (Å²) in [6.07, 6.45) is -2.84. The quantitative estimate of drug-likeness (QED) is 0.271. The highest BCUT2D eigenvalue weighted by molar-refractivity contribution is 7.92. The fourth-order valence-corrected chi connectivity index (χ4v) is 7.38. The first-order valence-electron chi connectivity index (χ1n) is 16.6. The average Bonchev–Trinajstić information content (AvgIpc) is 3.40. The van der Waals surface area contributed by atoms with Crippen molar-refractivity contribution in [2.45, 2.75) is 89.7 Å². The Morgan fingerprint density at radius 1 is 1.12 bits per heavy atom. The van der Waals surface area contributed by atoms with Gasteiger partial charge < -0.3 is 24.0 Å². The number of aliphatic hydroxyl groups is 1. The summed E-state index contributed by atoms with van der Waals surface area (Å²) in [6, 6.07) is 8.97. The van der Waals surface area contributed by atoms with Crippen LogP contribution in [0.4, 0.5) is 18.9 Å². The van der Waals surface area contributed by atoms with E-state index in [1.165, 1.54) is 43.0 Å². The maximum atomic E-state index is 14.4. The molecule has 0 radical (unpaired) electrons. The molecule has 50 heavy (non-hydrogen) atoms. The lowest BCUT2D eigenvalue weighted by molar-refractivity contribution is -0.137. The van der Waals surface area contributed by atoms with Crippen molar-refractivity contribution in [3.63, 3.8) is 0 Å². The molecular formula is C35H47F3N4O7S. The van der Waals surface area contributed by atoms with E-state index in [1.807, 2.05) is 25.8 Å². The number of hydrogen-bond acceptors (Lipinski definition) is 9. The fraction of sp³-hybridized carbons (Fsp3) is 0.543. The van der Waals surface area contributed by atoms with Gasteiger partial charge in [-0.25, -0.2) is 8.42 Å². The van der Waals surface area contributed by atoms with Gasteiger partial charge in [-0.1, -0.05) is 24.2 Å². The molecule has 0 unspecified atom stereocenters. The predicted octanol–water partition coefficient (Wildman–Crippen LogP) is 6.04. The normalized spacial score (nSPS) is 20.6. The lowest BCUT2D eigenvalue weighted by atomic mass is 10.0. The van der Waals surface area contributed by atoms with Crippen molar-refractivity contribution in [3.05, 3.63) is 70.6 Å². The summed E-state index contributed by atoms with van der Waals surface area (Å²) in [4.78, 5) is 17.8. The average molecular weight is 725 g/mol. The molecule has 4 atom stereocenters. The second kappa shape index (κ2) is 16.6. The molecule has 2 aromatic carbocycles. The first-order chi connectivity index (χ1) is 23.5. The minimum absolute atomic E-state index is 0.0903. The summed E-state index contributed by atoms with van der Waals surface area (Å²) in [5, 5.41) is 14.0. The number of aromatic nitrogens is 1. The molecule has 15 heteroatoms. The smallest absolute Gasteiger partial charge is 0.416 e. The van der Waals surface area contributed by atoms with Crippen LogP contribution in [-0.2, 0) is 27.5 Å². The van der Waals surface area contributed by atoms with Gasteiger partial charge in [0.1, 0.15) is 11.4 Å². The number of fused-ring (bicyclic) bond motifs is 1. The first-order valence-corrected chi connectivity index (χ1v) is 18.1. The molecule has 0 saturated heterocycles. The number of aryl methyl sites for hydroxylation is 2. The maximum Gasteiger partial charge on any atom is 0.416 e. The summed E-state index contributed by atoms with van der Waals surface area (Å²) in [7, 11) is -2.25. The fourth-order valence-electron chi connectivity index (χ4n) is 6.00. The Bertz CT molecular complexity index is 1680. The van der Waals surface area contributed by atoms with Gasteiger partial charge in [-0.3, -0.25) is 14.4 Å². The molecule has 1 aliphatic rings. The summed E-state index contributed by atoms with van der Waals surface area (Å²) in [6.45, 7) is 9.70. The van der Waals surface area contributed by atoms with Crippen molar-refractivity contribution in [2.24, 2.45) is 5.92 Å². The Balaban J connectivity index is 1.62. The third-order valence-electron chi connectivity index (χ3n) is 8.77. The highest BCUT2D eigenvalue weighted by Gasteiger charge is 2.32. The van der Waals surface area contributed by atoms with E-state index in [4.69, 9.17) is 14.0 Å². The SMILES string of the molecule is Cc1noc(C)c1S(=O)(=O)Nc1ccc2c(c1)C(=O)N([C@H](C)CO)C[C@@H](C)[C@H](CN(C)Cc1ccc(C(F)(F)F)cc1)OCCCC[C@@H](C)O2. The number of halogens is 3. The van der Waals surface area contributed by atoms with Gasteiger partial charge in [0.25, 0.3) is 15.9 Å². The Morgan fingerprint density at radius 2 is 1.82 bits per heavy atom. The van der Waals surface area contributed by atoms with Crippen molar-refractivity contribution in [1.82, 2.24) is 15.0 Å². The van der Waals surface area contributed by atoms with Gasteiger partial charge in [0.05, 0.1) is 36.0 Å².